The fourth-order valence-electron chi connectivity index (χ4n) is 1.98. The van der Waals surface area contributed by atoms with Gasteiger partial charge in [0, 0.05) is 11.4 Å². The second-order valence-corrected chi connectivity index (χ2v) is 5.15. The zero-order chi connectivity index (χ0) is 15.4. The van der Waals surface area contributed by atoms with Crippen molar-refractivity contribution in [1.29, 1.82) is 0 Å². The third-order valence-corrected chi connectivity index (χ3v) is 2.98. The normalized spacial score (nSPS) is 10.5. The zero-order valence-corrected chi connectivity index (χ0v) is 12.4. The van der Waals surface area contributed by atoms with Crippen LogP contribution in [0.4, 0.5) is 11.4 Å². The first kappa shape index (κ1) is 14.9. The molecule has 0 radical (unpaired) electrons. The lowest BCUT2D eigenvalue weighted by atomic mass is 10.1. The second kappa shape index (κ2) is 6.31. The van der Waals surface area contributed by atoms with Crippen LogP contribution in [-0.4, -0.2) is 17.2 Å². The number of anilines is 2. The molecule has 0 aliphatic rings. The van der Waals surface area contributed by atoms with Crippen LogP contribution in [-0.2, 0) is 0 Å². The summed E-state index contributed by atoms with van der Waals surface area (Å²) in [5.74, 6) is -0.0895. The highest BCUT2D eigenvalue weighted by Gasteiger charge is 2.06. The summed E-state index contributed by atoms with van der Waals surface area (Å²) in [4.78, 5) is 10.9. The molecule has 0 aliphatic carbocycles. The molecule has 21 heavy (non-hydrogen) atoms. The van der Waals surface area contributed by atoms with Crippen LogP contribution in [0.2, 0.25) is 0 Å². The molecule has 0 bridgehead atoms. The number of aromatic carboxylic acids is 1. The molecule has 0 spiro atoms. The number of carbonyl (C=O) groups is 1. The quantitative estimate of drug-likeness (QED) is 0.863. The van der Waals surface area contributed by atoms with Gasteiger partial charge in [-0.2, -0.15) is 0 Å². The summed E-state index contributed by atoms with van der Waals surface area (Å²) in [7, 11) is 0. The number of aryl methyl sites for hydroxylation is 1. The van der Waals surface area contributed by atoms with Gasteiger partial charge in [-0.3, -0.25) is 0 Å². The van der Waals surface area contributed by atoms with Crippen molar-refractivity contribution in [3.63, 3.8) is 0 Å². The molecule has 0 heterocycles. The Morgan fingerprint density at radius 2 is 1.81 bits per heavy atom. The number of hydrogen-bond donors (Lipinski definition) is 2. The summed E-state index contributed by atoms with van der Waals surface area (Å²) < 4.78 is 5.59. The fraction of sp³-hybridized carbons (Fsp3) is 0.235. The molecule has 2 rings (SSSR count). The maximum atomic E-state index is 10.9. The Kier molecular flexibility index (Phi) is 4.48. The molecule has 0 aliphatic heterocycles. The summed E-state index contributed by atoms with van der Waals surface area (Å²) in [6.07, 6.45) is 0.148. The lowest BCUT2D eigenvalue weighted by Gasteiger charge is -2.12. The molecule has 2 aromatic carbocycles. The van der Waals surface area contributed by atoms with Crippen LogP contribution in [0.25, 0.3) is 0 Å². The largest absolute Gasteiger partial charge is 0.491 e. The Bertz CT molecular complexity index is 633. The standard InChI is InChI=1S/C17H19NO3/c1-11(2)21-15-7-5-14(6-8-15)18-16-9-4-13(17(19)20)10-12(16)3/h4-11,18H,1-3H3,(H,19,20). The minimum Gasteiger partial charge on any atom is -0.491 e. The number of carboxylic acids is 1. The van der Waals surface area contributed by atoms with Gasteiger partial charge in [0.05, 0.1) is 11.7 Å². The Hall–Kier alpha value is -2.49. The summed E-state index contributed by atoms with van der Waals surface area (Å²) in [6.45, 7) is 5.85. The van der Waals surface area contributed by atoms with Crippen LogP contribution >= 0.6 is 0 Å². The van der Waals surface area contributed by atoms with Crippen molar-refractivity contribution in [2.45, 2.75) is 26.9 Å². The van der Waals surface area contributed by atoms with Gasteiger partial charge in [-0.25, -0.2) is 4.79 Å². The van der Waals surface area contributed by atoms with Crippen LogP contribution in [0.15, 0.2) is 42.5 Å². The molecule has 0 saturated heterocycles. The maximum absolute atomic E-state index is 10.9. The first-order valence-electron chi connectivity index (χ1n) is 6.83. The van der Waals surface area contributed by atoms with Gasteiger partial charge < -0.3 is 15.2 Å². The third-order valence-electron chi connectivity index (χ3n) is 2.98. The van der Waals surface area contributed by atoms with E-state index in [9.17, 15) is 4.79 Å². The SMILES string of the molecule is Cc1cc(C(=O)O)ccc1Nc1ccc(OC(C)C)cc1. The van der Waals surface area contributed by atoms with Gasteiger partial charge in [-0.1, -0.05) is 0 Å². The summed E-state index contributed by atoms with van der Waals surface area (Å²) in [5.41, 5.74) is 2.99. The lowest BCUT2D eigenvalue weighted by molar-refractivity contribution is 0.0697. The first-order chi connectivity index (χ1) is 9.95. The molecule has 0 atom stereocenters. The van der Waals surface area contributed by atoms with E-state index in [2.05, 4.69) is 5.32 Å². The molecular formula is C17H19NO3. The highest BCUT2D eigenvalue weighted by molar-refractivity contribution is 5.88. The monoisotopic (exact) mass is 285 g/mol. The average molecular weight is 285 g/mol. The Morgan fingerprint density at radius 1 is 1.14 bits per heavy atom. The van der Waals surface area contributed by atoms with Gasteiger partial charge in [0.15, 0.2) is 0 Å². The van der Waals surface area contributed by atoms with Gasteiger partial charge in [0.1, 0.15) is 5.75 Å². The Labute approximate surface area is 124 Å². The fourth-order valence-corrected chi connectivity index (χ4v) is 1.98. The van der Waals surface area contributed by atoms with Crippen LogP contribution < -0.4 is 10.1 Å². The predicted octanol–water partition coefficient (Wildman–Crippen LogP) is 4.22. The van der Waals surface area contributed by atoms with Gasteiger partial charge in [-0.05, 0) is 68.8 Å². The van der Waals surface area contributed by atoms with Gasteiger partial charge in [0.2, 0.25) is 0 Å². The Balaban J connectivity index is 2.13. The molecule has 0 saturated carbocycles. The lowest BCUT2D eigenvalue weighted by Crippen LogP contribution is -2.05. The van der Waals surface area contributed by atoms with Gasteiger partial charge in [-0.15, -0.1) is 0 Å². The summed E-state index contributed by atoms with van der Waals surface area (Å²) in [6, 6.07) is 12.7. The van der Waals surface area contributed by atoms with Crippen LogP contribution in [0.3, 0.4) is 0 Å². The van der Waals surface area contributed by atoms with Crippen molar-refractivity contribution >= 4 is 17.3 Å². The molecule has 2 N–H and O–H groups in total. The van der Waals surface area contributed by atoms with Crippen LogP contribution in [0.5, 0.6) is 5.75 Å². The maximum Gasteiger partial charge on any atom is 0.335 e. The molecule has 0 amide bonds. The molecule has 0 aromatic heterocycles. The van der Waals surface area contributed by atoms with E-state index in [1.165, 1.54) is 0 Å². The average Bonchev–Trinajstić information content (AvgIpc) is 2.42. The number of hydrogen-bond acceptors (Lipinski definition) is 3. The minimum atomic E-state index is -0.917. The molecular weight excluding hydrogens is 266 g/mol. The van der Waals surface area contributed by atoms with Crippen molar-refractivity contribution in [1.82, 2.24) is 0 Å². The zero-order valence-electron chi connectivity index (χ0n) is 12.4. The molecule has 4 nitrogen and oxygen atoms in total. The third kappa shape index (κ3) is 3.99. The number of carboxylic acid groups (broad SMARTS) is 1. The molecule has 0 fully saturated rings. The number of benzene rings is 2. The van der Waals surface area contributed by atoms with E-state index in [1.54, 1.807) is 18.2 Å². The van der Waals surface area contributed by atoms with E-state index in [-0.39, 0.29) is 6.10 Å². The van der Waals surface area contributed by atoms with Gasteiger partial charge >= 0.3 is 5.97 Å². The minimum absolute atomic E-state index is 0.148. The highest BCUT2D eigenvalue weighted by Crippen LogP contribution is 2.23. The Morgan fingerprint density at radius 3 is 2.33 bits per heavy atom. The van der Waals surface area contributed by atoms with Crippen molar-refractivity contribution in [3.8, 4) is 5.75 Å². The van der Waals surface area contributed by atoms with E-state index in [4.69, 9.17) is 9.84 Å². The molecule has 2 aromatic rings. The highest BCUT2D eigenvalue weighted by atomic mass is 16.5. The van der Waals surface area contributed by atoms with Crippen molar-refractivity contribution < 1.29 is 14.6 Å². The van der Waals surface area contributed by atoms with E-state index in [0.717, 1.165) is 22.7 Å². The predicted molar refractivity (Wildman–Crippen MR) is 83.6 cm³/mol. The van der Waals surface area contributed by atoms with Gasteiger partial charge in [0.25, 0.3) is 0 Å². The number of rotatable bonds is 5. The molecule has 110 valence electrons. The van der Waals surface area contributed by atoms with Crippen LogP contribution in [0, 0.1) is 6.92 Å². The van der Waals surface area contributed by atoms with Crippen molar-refractivity contribution in [2.24, 2.45) is 0 Å². The van der Waals surface area contributed by atoms with E-state index < -0.39 is 5.97 Å². The molecule has 4 heteroatoms. The van der Waals surface area contributed by atoms with E-state index in [1.807, 2.05) is 45.0 Å². The second-order valence-electron chi connectivity index (χ2n) is 5.15. The summed E-state index contributed by atoms with van der Waals surface area (Å²) >= 11 is 0. The summed E-state index contributed by atoms with van der Waals surface area (Å²) in [5, 5.41) is 12.2. The van der Waals surface area contributed by atoms with E-state index in [0.29, 0.717) is 5.56 Å². The van der Waals surface area contributed by atoms with E-state index >= 15 is 0 Å². The van der Waals surface area contributed by atoms with Crippen molar-refractivity contribution in [2.75, 3.05) is 5.32 Å². The first-order valence-corrected chi connectivity index (χ1v) is 6.83. The smallest absolute Gasteiger partial charge is 0.335 e. The van der Waals surface area contributed by atoms with Crippen molar-refractivity contribution in [3.05, 3.63) is 53.6 Å². The number of ether oxygens (including phenoxy) is 1. The number of nitrogens with one attached hydrogen (secondary N) is 1. The molecule has 0 unspecified atom stereocenters. The van der Waals surface area contributed by atoms with Crippen LogP contribution in [0.1, 0.15) is 29.8 Å². The topological polar surface area (TPSA) is 58.6 Å².